The fraction of sp³-hybridized carbons (Fsp3) is 0.143. The van der Waals surface area contributed by atoms with E-state index in [1.54, 1.807) is 12.3 Å². The Bertz CT molecular complexity index is 1040. The van der Waals surface area contributed by atoms with Crippen LogP contribution in [0.1, 0.15) is 16.7 Å². The Morgan fingerprint density at radius 3 is 1.70 bits per heavy atom. The molecule has 1 heterocycles. The van der Waals surface area contributed by atoms with Crippen LogP contribution in [0.4, 0.5) is 0 Å². The van der Waals surface area contributed by atoms with Crippen LogP contribution in [-0.4, -0.2) is 30.7 Å². The van der Waals surface area contributed by atoms with Crippen molar-refractivity contribution < 1.29 is 14.3 Å². The largest absolute Gasteiger partial charge is 0.475 e. The van der Waals surface area contributed by atoms with Crippen molar-refractivity contribution in [1.82, 2.24) is 10.3 Å². The Labute approximate surface area is 194 Å². The molecule has 1 atom stereocenters. The molecule has 0 amide bonds. The van der Waals surface area contributed by atoms with Gasteiger partial charge in [0.1, 0.15) is 12.6 Å². The number of esters is 1. The van der Waals surface area contributed by atoms with Gasteiger partial charge in [-0.05, 0) is 22.8 Å². The zero-order chi connectivity index (χ0) is 22.9. The van der Waals surface area contributed by atoms with E-state index in [2.05, 4.69) is 46.7 Å². The molecular weight excluding hydrogens is 412 g/mol. The fourth-order valence-corrected chi connectivity index (χ4v) is 3.99. The summed E-state index contributed by atoms with van der Waals surface area (Å²) in [6.45, 7) is 0.0535. The van der Waals surface area contributed by atoms with Crippen LogP contribution < -0.4 is 10.1 Å². The average molecular weight is 439 g/mol. The third kappa shape index (κ3) is 4.94. The normalized spacial score (nSPS) is 12.0. The SMILES string of the molecule is COC(=O)[C@@H](COc1ccccn1)NC(c1ccccc1)(c1ccccc1)c1ccccc1. The van der Waals surface area contributed by atoms with Gasteiger partial charge in [0.25, 0.3) is 0 Å². The quantitative estimate of drug-likeness (QED) is 0.306. The number of nitrogens with zero attached hydrogens (tertiary/aromatic N) is 1. The molecule has 3 aromatic carbocycles. The summed E-state index contributed by atoms with van der Waals surface area (Å²) in [7, 11) is 1.38. The summed E-state index contributed by atoms with van der Waals surface area (Å²) >= 11 is 0. The Kier molecular flexibility index (Phi) is 7.12. The summed E-state index contributed by atoms with van der Waals surface area (Å²) in [5, 5.41) is 3.61. The topological polar surface area (TPSA) is 60.5 Å². The number of hydrogen-bond donors (Lipinski definition) is 1. The van der Waals surface area contributed by atoms with Crippen molar-refractivity contribution in [1.29, 1.82) is 0 Å². The van der Waals surface area contributed by atoms with Crippen molar-refractivity contribution in [2.24, 2.45) is 0 Å². The minimum absolute atomic E-state index is 0.0535. The number of rotatable bonds is 9. The van der Waals surface area contributed by atoms with Gasteiger partial charge in [0, 0.05) is 12.3 Å². The maximum absolute atomic E-state index is 12.9. The second-order valence-corrected chi connectivity index (χ2v) is 7.55. The number of methoxy groups -OCH3 is 1. The predicted molar refractivity (Wildman–Crippen MR) is 128 cm³/mol. The van der Waals surface area contributed by atoms with E-state index in [0.29, 0.717) is 5.88 Å². The summed E-state index contributed by atoms with van der Waals surface area (Å²) in [4.78, 5) is 17.1. The lowest BCUT2D eigenvalue weighted by atomic mass is 9.76. The molecule has 0 saturated heterocycles. The summed E-state index contributed by atoms with van der Waals surface area (Å²) in [5.41, 5.74) is 2.16. The van der Waals surface area contributed by atoms with E-state index in [-0.39, 0.29) is 6.61 Å². The highest BCUT2D eigenvalue weighted by molar-refractivity contribution is 5.76. The van der Waals surface area contributed by atoms with Gasteiger partial charge in [-0.3, -0.25) is 10.1 Å². The number of aromatic nitrogens is 1. The summed E-state index contributed by atoms with van der Waals surface area (Å²) < 4.78 is 11.0. The first-order valence-corrected chi connectivity index (χ1v) is 10.8. The number of hydrogen-bond acceptors (Lipinski definition) is 5. The highest BCUT2D eigenvalue weighted by Gasteiger charge is 2.40. The number of carbonyl (C=O) groups excluding carboxylic acids is 1. The molecule has 5 heteroatoms. The third-order valence-electron chi connectivity index (χ3n) is 5.53. The van der Waals surface area contributed by atoms with Gasteiger partial charge in [0.05, 0.1) is 12.6 Å². The predicted octanol–water partition coefficient (Wildman–Crippen LogP) is 4.58. The van der Waals surface area contributed by atoms with E-state index >= 15 is 0 Å². The zero-order valence-corrected chi connectivity index (χ0v) is 18.4. The minimum Gasteiger partial charge on any atom is -0.475 e. The highest BCUT2D eigenvalue weighted by Crippen LogP contribution is 2.37. The van der Waals surface area contributed by atoms with Crippen molar-refractivity contribution >= 4 is 5.97 Å². The fourth-order valence-electron chi connectivity index (χ4n) is 3.99. The maximum Gasteiger partial charge on any atom is 0.326 e. The number of ether oxygens (including phenoxy) is 2. The molecule has 0 unspecified atom stereocenters. The van der Waals surface area contributed by atoms with E-state index in [9.17, 15) is 4.79 Å². The average Bonchev–Trinajstić information content (AvgIpc) is 2.91. The van der Waals surface area contributed by atoms with E-state index in [4.69, 9.17) is 9.47 Å². The molecular formula is C28H26N2O3. The van der Waals surface area contributed by atoms with Crippen molar-refractivity contribution in [3.8, 4) is 5.88 Å². The van der Waals surface area contributed by atoms with Crippen molar-refractivity contribution in [2.45, 2.75) is 11.6 Å². The van der Waals surface area contributed by atoms with Crippen LogP contribution in [0.25, 0.3) is 0 Å². The van der Waals surface area contributed by atoms with Gasteiger partial charge < -0.3 is 9.47 Å². The van der Waals surface area contributed by atoms with Crippen LogP contribution in [0.3, 0.4) is 0 Å². The Morgan fingerprint density at radius 2 is 1.27 bits per heavy atom. The summed E-state index contributed by atoms with van der Waals surface area (Å²) in [6, 6.07) is 34.9. The van der Waals surface area contributed by atoms with Crippen molar-refractivity contribution in [3.05, 3.63) is 132 Å². The van der Waals surface area contributed by atoms with E-state index in [1.165, 1.54) is 7.11 Å². The molecule has 166 valence electrons. The van der Waals surface area contributed by atoms with Crippen molar-refractivity contribution in [3.63, 3.8) is 0 Å². The maximum atomic E-state index is 12.9. The summed E-state index contributed by atoms with van der Waals surface area (Å²) in [5.74, 6) is 0.0241. The lowest BCUT2D eigenvalue weighted by Gasteiger charge is -2.39. The second kappa shape index (κ2) is 10.6. The Balaban J connectivity index is 1.83. The molecule has 0 radical (unpaired) electrons. The number of pyridine rings is 1. The first kappa shape index (κ1) is 22.2. The van der Waals surface area contributed by atoms with Crippen molar-refractivity contribution in [2.75, 3.05) is 13.7 Å². The van der Waals surface area contributed by atoms with Gasteiger partial charge in [0.15, 0.2) is 0 Å². The van der Waals surface area contributed by atoms with E-state index in [1.807, 2.05) is 66.7 Å². The number of nitrogens with one attached hydrogen (secondary N) is 1. The van der Waals surface area contributed by atoms with Gasteiger partial charge >= 0.3 is 5.97 Å². The molecule has 0 aliphatic rings. The Morgan fingerprint density at radius 1 is 0.788 bits per heavy atom. The highest BCUT2D eigenvalue weighted by atomic mass is 16.5. The van der Waals surface area contributed by atoms with Gasteiger partial charge in [-0.1, -0.05) is 97.1 Å². The van der Waals surface area contributed by atoms with Gasteiger partial charge in [-0.15, -0.1) is 0 Å². The minimum atomic E-state index is -0.823. The molecule has 4 aromatic rings. The van der Waals surface area contributed by atoms with Crippen LogP contribution in [0, 0.1) is 0 Å². The van der Waals surface area contributed by atoms with Crippen LogP contribution in [-0.2, 0) is 15.1 Å². The molecule has 0 spiro atoms. The molecule has 1 N–H and O–H groups in total. The Hall–Kier alpha value is -3.96. The molecule has 0 aliphatic heterocycles. The number of carbonyl (C=O) groups is 1. The smallest absolute Gasteiger partial charge is 0.326 e. The van der Waals surface area contributed by atoms with Crippen LogP contribution >= 0.6 is 0 Å². The summed E-state index contributed by atoms with van der Waals surface area (Å²) in [6.07, 6.45) is 1.65. The third-order valence-corrected chi connectivity index (χ3v) is 5.53. The molecule has 0 aliphatic carbocycles. The first-order chi connectivity index (χ1) is 16.2. The molecule has 0 fully saturated rings. The molecule has 33 heavy (non-hydrogen) atoms. The lowest BCUT2D eigenvalue weighted by molar-refractivity contribution is -0.144. The molecule has 4 rings (SSSR count). The first-order valence-electron chi connectivity index (χ1n) is 10.8. The van der Waals surface area contributed by atoms with Gasteiger partial charge in [0.2, 0.25) is 5.88 Å². The van der Waals surface area contributed by atoms with E-state index < -0.39 is 17.6 Å². The monoisotopic (exact) mass is 438 g/mol. The number of benzene rings is 3. The van der Waals surface area contributed by atoms with Crippen LogP contribution in [0.2, 0.25) is 0 Å². The van der Waals surface area contributed by atoms with Gasteiger partial charge in [-0.2, -0.15) is 0 Å². The lowest BCUT2D eigenvalue weighted by Crippen LogP contribution is -2.55. The van der Waals surface area contributed by atoms with E-state index in [0.717, 1.165) is 16.7 Å². The molecule has 5 nitrogen and oxygen atoms in total. The standard InChI is InChI=1S/C28H26N2O3/c1-32-27(31)25(21-33-26-19-11-12-20-29-26)30-28(22-13-5-2-6-14-22,23-15-7-3-8-16-23)24-17-9-4-10-18-24/h2-20,25,30H,21H2,1H3/t25-/m1/s1. The second-order valence-electron chi connectivity index (χ2n) is 7.55. The van der Waals surface area contributed by atoms with Crippen LogP contribution in [0.5, 0.6) is 5.88 Å². The van der Waals surface area contributed by atoms with Crippen LogP contribution in [0.15, 0.2) is 115 Å². The van der Waals surface area contributed by atoms with Gasteiger partial charge in [-0.25, -0.2) is 4.98 Å². The zero-order valence-electron chi connectivity index (χ0n) is 18.4. The molecule has 1 aromatic heterocycles. The molecule has 0 saturated carbocycles. The molecule has 0 bridgehead atoms.